The van der Waals surface area contributed by atoms with Gasteiger partial charge in [-0.3, -0.25) is 9.59 Å². The molecule has 1 amide bonds. The average molecular weight is 353 g/mol. The third-order valence-electron chi connectivity index (χ3n) is 3.77. The molecule has 7 nitrogen and oxygen atoms in total. The van der Waals surface area contributed by atoms with E-state index in [1.54, 1.807) is 30.7 Å². The van der Waals surface area contributed by atoms with Crippen LogP contribution in [-0.2, 0) is 14.3 Å². The minimum Gasteiger partial charge on any atom is -0.493 e. The van der Waals surface area contributed by atoms with Gasteiger partial charge in [-0.15, -0.1) is 11.8 Å². The van der Waals surface area contributed by atoms with E-state index in [4.69, 9.17) is 18.9 Å². The van der Waals surface area contributed by atoms with Crippen LogP contribution in [-0.4, -0.2) is 49.6 Å². The van der Waals surface area contributed by atoms with Gasteiger partial charge in [0.2, 0.25) is 18.4 Å². The summed E-state index contributed by atoms with van der Waals surface area (Å²) in [6.45, 7) is 2.10. The lowest BCUT2D eigenvalue weighted by molar-refractivity contribution is -0.149. The van der Waals surface area contributed by atoms with Gasteiger partial charge in [0.25, 0.3) is 0 Å². The summed E-state index contributed by atoms with van der Waals surface area (Å²) in [4.78, 5) is 25.7. The van der Waals surface area contributed by atoms with E-state index in [1.807, 2.05) is 12.1 Å². The predicted octanol–water partition coefficient (Wildman–Crippen LogP) is 1.95. The molecule has 0 aliphatic carbocycles. The summed E-state index contributed by atoms with van der Waals surface area (Å²) >= 11 is 1.60. The first-order valence-electron chi connectivity index (χ1n) is 7.68. The first kappa shape index (κ1) is 16.8. The highest BCUT2D eigenvalue weighted by atomic mass is 32.2. The zero-order chi connectivity index (χ0) is 17.1. The van der Waals surface area contributed by atoms with Crippen molar-refractivity contribution in [2.45, 2.75) is 18.7 Å². The minimum atomic E-state index is -0.411. The molecule has 8 heteroatoms. The number of fused-ring (bicyclic) bond motifs is 1. The quantitative estimate of drug-likeness (QED) is 0.749. The van der Waals surface area contributed by atoms with Gasteiger partial charge in [-0.2, -0.15) is 0 Å². The molecule has 1 fully saturated rings. The Hall–Kier alpha value is -2.09. The van der Waals surface area contributed by atoms with Crippen molar-refractivity contribution in [3.8, 4) is 17.2 Å². The molecule has 2 aliphatic heterocycles. The monoisotopic (exact) mass is 353 g/mol. The molecule has 130 valence electrons. The second-order valence-corrected chi connectivity index (χ2v) is 6.44. The predicted molar refractivity (Wildman–Crippen MR) is 87.3 cm³/mol. The van der Waals surface area contributed by atoms with E-state index < -0.39 is 5.97 Å². The fourth-order valence-electron chi connectivity index (χ4n) is 2.71. The lowest BCUT2D eigenvalue weighted by atomic mass is 10.1. The Morgan fingerprint density at radius 3 is 3.00 bits per heavy atom. The van der Waals surface area contributed by atoms with Gasteiger partial charge >= 0.3 is 5.97 Å². The van der Waals surface area contributed by atoms with E-state index in [0.29, 0.717) is 29.4 Å². The maximum Gasteiger partial charge on any atom is 0.325 e. The molecule has 24 heavy (non-hydrogen) atoms. The van der Waals surface area contributed by atoms with Crippen LogP contribution in [0.5, 0.6) is 17.2 Å². The van der Waals surface area contributed by atoms with E-state index in [2.05, 4.69) is 0 Å². The number of thioether (sulfide) groups is 1. The molecule has 2 aliphatic rings. The second kappa shape index (κ2) is 7.21. The van der Waals surface area contributed by atoms with Crippen molar-refractivity contribution < 1.29 is 28.5 Å². The van der Waals surface area contributed by atoms with Crippen LogP contribution in [0, 0.1) is 0 Å². The number of rotatable bonds is 5. The molecule has 3 rings (SSSR count). The minimum absolute atomic E-state index is 0.0663. The molecule has 0 N–H and O–H groups in total. The first-order chi connectivity index (χ1) is 11.6. The van der Waals surface area contributed by atoms with Crippen molar-refractivity contribution in [3.05, 3.63) is 17.7 Å². The average Bonchev–Trinajstić information content (AvgIpc) is 3.04. The fourth-order valence-corrected chi connectivity index (χ4v) is 3.92. The van der Waals surface area contributed by atoms with Crippen LogP contribution in [0.15, 0.2) is 12.1 Å². The van der Waals surface area contributed by atoms with Gasteiger partial charge < -0.3 is 23.8 Å². The third kappa shape index (κ3) is 3.24. The van der Waals surface area contributed by atoms with E-state index in [-0.39, 0.29) is 31.2 Å². The number of benzene rings is 1. The van der Waals surface area contributed by atoms with Gasteiger partial charge in [-0.1, -0.05) is 0 Å². The van der Waals surface area contributed by atoms with E-state index >= 15 is 0 Å². The molecule has 1 saturated heterocycles. The van der Waals surface area contributed by atoms with Crippen LogP contribution in [0.3, 0.4) is 0 Å². The molecule has 1 aromatic carbocycles. The summed E-state index contributed by atoms with van der Waals surface area (Å²) in [5.74, 6) is 1.91. The van der Waals surface area contributed by atoms with Crippen molar-refractivity contribution in [2.24, 2.45) is 0 Å². The Kier molecular flexibility index (Phi) is 5.03. The maximum atomic E-state index is 12.3. The van der Waals surface area contributed by atoms with Gasteiger partial charge in [0.1, 0.15) is 11.9 Å². The Bertz CT molecular complexity index is 650. The largest absolute Gasteiger partial charge is 0.493 e. The molecule has 0 radical (unpaired) electrons. The fraction of sp³-hybridized carbons (Fsp3) is 0.500. The molecular weight excluding hydrogens is 334 g/mol. The number of methoxy groups -OCH3 is 1. The van der Waals surface area contributed by atoms with E-state index in [1.165, 1.54) is 0 Å². The maximum absolute atomic E-state index is 12.3. The molecule has 0 bridgehead atoms. The van der Waals surface area contributed by atoms with Gasteiger partial charge in [0, 0.05) is 12.2 Å². The van der Waals surface area contributed by atoms with Crippen molar-refractivity contribution in [2.75, 3.05) is 32.8 Å². The summed E-state index contributed by atoms with van der Waals surface area (Å²) in [5, 5.41) is -0.293. The SMILES string of the molecule is CCOC(=O)CN1C(=O)CCSC1c1cc(OC)c2c(c1)OCO2. The van der Waals surface area contributed by atoms with Crippen molar-refractivity contribution in [1.29, 1.82) is 0 Å². The standard InChI is InChI=1S/C16H19NO6S/c1-3-21-14(19)8-17-13(18)4-5-24-16(17)10-6-11(20-2)15-12(7-10)22-9-23-15/h6-7,16H,3-5,8-9H2,1-2H3. The summed E-state index contributed by atoms with van der Waals surface area (Å²) in [6, 6.07) is 3.65. The molecule has 1 atom stereocenters. The van der Waals surface area contributed by atoms with Crippen molar-refractivity contribution >= 4 is 23.6 Å². The smallest absolute Gasteiger partial charge is 0.325 e. The summed E-state index contributed by atoms with van der Waals surface area (Å²) < 4.78 is 21.2. The molecule has 0 saturated carbocycles. The van der Waals surface area contributed by atoms with Gasteiger partial charge in [-0.05, 0) is 24.6 Å². The highest BCUT2D eigenvalue weighted by molar-refractivity contribution is 7.99. The number of ether oxygens (including phenoxy) is 4. The Morgan fingerprint density at radius 1 is 1.42 bits per heavy atom. The number of hydrogen-bond acceptors (Lipinski definition) is 7. The van der Waals surface area contributed by atoms with Crippen LogP contribution < -0.4 is 14.2 Å². The molecule has 2 heterocycles. The molecular formula is C16H19NO6S. The van der Waals surface area contributed by atoms with Crippen LogP contribution in [0.25, 0.3) is 0 Å². The van der Waals surface area contributed by atoms with Crippen molar-refractivity contribution in [1.82, 2.24) is 4.90 Å². The number of nitrogens with zero attached hydrogens (tertiary/aromatic N) is 1. The Labute approximate surface area is 144 Å². The second-order valence-electron chi connectivity index (χ2n) is 5.26. The lowest BCUT2D eigenvalue weighted by Crippen LogP contribution is -2.41. The summed E-state index contributed by atoms with van der Waals surface area (Å²) in [7, 11) is 1.55. The number of amides is 1. The third-order valence-corrected chi connectivity index (χ3v) is 5.05. The Morgan fingerprint density at radius 2 is 2.25 bits per heavy atom. The van der Waals surface area contributed by atoms with Gasteiger partial charge in [0.15, 0.2) is 11.5 Å². The highest BCUT2D eigenvalue weighted by Crippen LogP contribution is 2.46. The Balaban J connectivity index is 1.90. The number of carbonyl (C=O) groups excluding carboxylic acids is 2. The zero-order valence-corrected chi connectivity index (χ0v) is 14.4. The molecule has 0 spiro atoms. The van der Waals surface area contributed by atoms with Crippen LogP contribution in [0.1, 0.15) is 24.3 Å². The zero-order valence-electron chi connectivity index (χ0n) is 13.6. The topological polar surface area (TPSA) is 74.3 Å². The van der Waals surface area contributed by atoms with Gasteiger partial charge in [-0.25, -0.2) is 0 Å². The number of esters is 1. The first-order valence-corrected chi connectivity index (χ1v) is 8.73. The van der Waals surface area contributed by atoms with Crippen LogP contribution >= 0.6 is 11.8 Å². The number of hydrogen-bond donors (Lipinski definition) is 0. The summed E-state index contributed by atoms with van der Waals surface area (Å²) in [5.41, 5.74) is 0.832. The van der Waals surface area contributed by atoms with E-state index in [0.717, 1.165) is 5.56 Å². The highest BCUT2D eigenvalue weighted by Gasteiger charge is 2.33. The normalized spacial score (nSPS) is 19.3. The van der Waals surface area contributed by atoms with Crippen molar-refractivity contribution in [3.63, 3.8) is 0 Å². The number of carbonyl (C=O) groups is 2. The molecule has 0 aromatic heterocycles. The van der Waals surface area contributed by atoms with Crippen LogP contribution in [0.2, 0.25) is 0 Å². The summed E-state index contributed by atoms with van der Waals surface area (Å²) in [6.07, 6.45) is 0.405. The van der Waals surface area contributed by atoms with Gasteiger partial charge in [0.05, 0.1) is 13.7 Å². The molecule has 1 unspecified atom stereocenters. The van der Waals surface area contributed by atoms with Crippen LogP contribution in [0.4, 0.5) is 0 Å². The van der Waals surface area contributed by atoms with E-state index in [9.17, 15) is 9.59 Å². The lowest BCUT2D eigenvalue weighted by Gasteiger charge is -2.34. The molecule has 1 aromatic rings.